The Morgan fingerprint density at radius 2 is 1.57 bits per heavy atom. The maximum Gasteiger partial charge on any atom is 0.268 e. The van der Waals surface area contributed by atoms with Crippen molar-refractivity contribution in [2.24, 2.45) is 0 Å². The van der Waals surface area contributed by atoms with E-state index in [2.05, 4.69) is 10.2 Å². The van der Waals surface area contributed by atoms with Crippen LogP contribution in [0.25, 0.3) is 17.0 Å². The Hall–Kier alpha value is -5.57. The van der Waals surface area contributed by atoms with Gasteiger partial charge in [-0.3, -0.25) is 29.3 Å². The quantitative estimate of drug-likeness (QED) is 0.202. The van der Waals surface area contributed by atoms with Crippen molar-refractivity contribution in [3.05, 3.63) is 120 Å². The Morgan fingerprint density at radius 3 is 2.39 bits per heavy atom. The zero-order valence-corrected chi connectivity index (χ0v) is 23.7. The molecule has 0 saturated heterocycles. The van der Waals surface area contributed by atoms with Gasteiger partial charge < -0.3 is 4.90 Å². The van der Waals surface area contributed by atoms with E-state index in [4.69, 9.17) is 0 Å². The van der Waals surface area contributed by atoms with Gasteiger partial charge in [-0.05, 0) is 79.4 Å². The molecule has 0 radical (unpaired) electrons. The van der Waals surface area contributed by atoms with Crippen molar-refractivity contribution < 1.29 is 18.8 Å². The molecule has 3 amide bonds. The lowest BCUT2D eigenvalue weighted by Gasteiger charge is -2.28. The summed E-state index contributed by atoms with van der Waals surface area (Å²) in [7, 11) is 0. The molecule has 3 heterocycles. The fraction of sp³-hybridized carbons (Fsp3) is 0.143. The minimum atomic E-state index is -0.629. The van der Waals surface area contributed by atoms with E-state index in [1.807, 2.05) is 42.5 Å². The van der Waals surface area contributed by atoms with Crippen LogP contribution in [0.4, 0.5) is 27.1 Å². The molecule has 4 aromatic carbocycles. The van der Waals surface area contributed by atoms with Crippen molar-refractivity contribution >= 4 is 57.5 Å². The highest BCUT2D eigenvalue weighted by Gasteiger charge is 2.38. The fourth-order valence-corrected chi connectivity index (χ4v) is 6.00. The highest BCUT2D eigenvalue weighted by Crippen LogP contribution is 2.40. The molecule has 218 valence electrons. The number of aromatic nitrogens is 2. The number of aryl methyl sites for hydroxylation is 1. The number of rotatable bonds is 4. The van der Waals surface area contributed by atoms with Gasteiger partial charge in [0.15, 0.2) is 0 Å². The molecule has 7 rings (SSSR count). The highest BCUT2D eigenvalue weighted by molar-refractivity contribution is 6.35. The summed E-state index contributed by atoms with van der Waals surface area (Å²) in [6, 6.07) is 28.1. The first kappa shape index (κ1) is 27.3. The first-order chi connectivity index (χ1) is 21.5. The highest BCUT2D eigenvalue weighted by atomic mass is 19.1. The van der Waals surface area contributed by atoms with Crippen molar-refractivity contribution in [3.8, 4) is 0 Å². The standard InChI is InChI=1S/C35H28FN5O3/c36-24-17-18-26-28(20-24)37-38-29(26)21-27-34(43)40(22-33(42)39-19-9-8-11-23-10-4-5-14-30(23)39)31-15-6-7-16-32(31)41(35(27)44)25-12-2-1-3-13-25/h1-7,10,12-18,20-21H,8-9,11,19,22H2,(H,37,38). The molecule has 1 aromatic heterocycles. The van der Waals surface area contributed by atoms with Crippen LogP contribution in [-0.2, 0) is 20.8 Å². The molecule has 0 saturated carbocycles. The molecule has 9 heteroatoms. The van der Waals surface area contributed by atoms with E-state index in [0.717, 1.165) is 30.5 Å². The van der Waals surface area contributed by atoms with E-state index in [1.165, 1.54) is 28.0 Å². The normalized spacial score (nSPS) is 16.1. The van der Waals surface area contributed by atoms with Crippen molar-refractivity contribution in [3.63, 3.8) is 0 Å². The molecular formula is C35H28FN5O3. The number of H-pyrrole nitrogens is 1. The molecule has 44 heavy (non-hydrogen) atoms. The van der Waals surface area contributed by atoms with Crippen LogP contribution in [0.5, 0.6) is 0 Å². The average molecular weight is 586 g/mol. The van der Waals surface area contributed by atoms with E-state index >= 15 is 0 Å². The summed E-state index contributed by atoms with van der Waals surface area (Å²) in [6.07, 6.45) is 4.09. The van der Waals surface area contributed by atoms with Gasteiger partial charge in [0.2, 0.25) is 5.91 Å². The van der Waals surface area contributed by atoms with Crippen LogP contribution in [0.2, 0.25) is 0 Å². The number of nitrogens with zero attached hydrogens (tertiary/aromatic N) is 4. The topological polar surface area (TPSA) is 89.6 Å². The summed E-state index contributed by atoms with van der Waals surface area (Å²) >= 11 is 0. The third-order valence-electron chi connectivity index (χ3n) is 8.13. The number of anilines is 4. The van der Waals surface area contributed by atoms with Crippen LogP contribution in [0.15, 0.2) is 103 Å². The number of carbonyl (C=O) groups excluding carboxylic acids is 3. The van der Waals surface area contributed by atoms with E-state index in [9.17, 15) is 18.8 Å². The molecule has 1 N–H and O–H groups in total. The summed E-state index contributed by atoms with van der Waals surface area (Å²) in [5, 5.41) is 7.62. The number of carbonyl (C=O) groups is 3. The third-order valence-corrected chi connectivity index (χ3v) is 8.13. The summed E-state index contributed by atoms with van der Waals surface area (Å²) < 4.78 is 13.9. The molecule has 2 aliphatic rings. The summed E-state index contributed by atoms with van der Waals surface area (Å²) in [6.45, 7) is 0.261. The van der Waals surface area contributed by atoms with Crippen LogP contribution in [-0.4, -0.2) is 41.0 Å². The van der Waals surface area contributed by atoms with Gasteiger partial charge in [0, 0.05) is 23.3 Å². The first-order valence-corrected chi connectivity index (χ1v) is 14.5. The van der Waals surface area contributed by atoms with Crippen molar-refractivity contribution in [2.45, 2.75) is 19.3 Å². The van der Waals surface area contributed by atoms with Gasteiger partial charge in [-0.1, -0.05) is 48.5 Å². The Morgan fingerprint density at radius 1 is 0.841 bits per heavy atom. The Bertz CT molecular complexity index is 1950. The number of halogens is 1. The summed E-state index contributed by atoms with van der Waals surface area (Å²) in [4.78, 5) is 47.6. The van der Waals surface area contributed by atoms with Crippen LogP contribution < -0.4 is 14.7 Å². The average Bonchev–Trinajstić information content (AvgIpc) is 3.26. The molecular weight excluding hydrogens is 557 g/mol. The van der Waals surface area contributed by atoms with E-state index < -0.39 is 17.6 Å². The second kappa shape index (κ2) is 11.3. The number of aromatic amines is 1. The van der Waals surface area contributed by atoms with Gasteiger partial charge in [0.05, 0.1) is 22.6 Å². The second-order valence-corrected chi connectivity index (χ2v) is 10.8. The summed E-state index contributed by atoms with van der Waals surface area (Å²) in [5.74, 6) is -1.88. The van der Waals surface area contributed by atoms with Crippen LogP contribution >= 0.6 is 0 Å². The van der Waals surface area contributed by atoms with Crippen molar-refractivity contribution in [1.82, 2.24) is 10.2 Å². The molecule has 0 aliphatic carbocycles. The maximum atomic E-state index is 14.5. The van der Waals surface area contributed by atoms with Crippen LogP contribution in [0.3, 0.4) is 0 Å². The van der Waals surface area contributed by atoms with Gasteiger partial charge in [-0.25, -0.2) is 4.39 Å². The van der Waals surface area contributed by atoms with Crippen LogP contribution in [0.1, 0.15) is 24.1 Å². The molecule has 0 spiro atoms. The predicted octanol–water partition coefficient (Wildman–Crippen LogP) is 6.17. The second-order valence-electron chi connectivity index (χ2n) is 10.8. The molecule has 5 aromatic rings. The Balaban J connectivity index is 1.37. The number of hydrogen-bond donors (Lipinski definition) is 1. The fourth-order valence-electron chi connectivity index (χ4n) is 6.00. The lowest BCUT2D eigenvalue weighted by molar-refractivity contribution is -0.123. The van der Waals surface area contributed by atoms with Crippen LogP contribution in [0, 0.1) is 5.82 Å². The lowest BCUT2D eigenvalue weighted by Crippen LogP contribution is -2.44. The predicted molar refractivity (Wildman–Crippen MR) is 168 cm³/mol. The Kier molecular flexibility index (Phi) is 6.98. The molecule has 2 aliphatic heterocycles. The number of benzene rings is 4. The first-order valence-electron chi connectivity index (χ1n) is 14.5. The molecule has 8 nitrogen and oxygen atoms in total. The largest absolute Gasteiger partial charge is 0.311 e. The smallest absolute Gasteiger partial charge is 0.268 e. The monoisotopic (exact) mass is 585 g/mol. The minimum Gasteiger partial charge on any atom is -0.311 e. The van der Waals surface area contributed by atoms with Gasteiger partial charge in [-0.15, -0.1) is 0 Å². The lowest BCUT2D eigenvalue weighted by atomic mass is 10.1. The van der Waals surface area contributed by atoms with Gasteiger partial charge in [0.25, 0.3) is 11.8 Å². The van der Waals surface area contributed by atoms with Gasteiger partial charge in [0.1, 0.15) is 17.9 Å². The van der Waals surface area contributed by atoms with E-state index in [-0.39, 0.29) is 18.0 Å². The van der Waals surface area contributed by atoms with Gasteiger partial charge in [-0.2, -0.15) is 5.10 Å². The number of amides is 3. The molecule has 0 atom stereocenters. The molecule has 0 fully saturated rings. The summed E-state index contributed by atoms with van der Waals surface area (Å²) in [5.41, 5.74) is 3.97. The molecule has 0 bridgehead atoms. The van der Waals surface area contributed by atoms with Crippen molar-refractivity contribution in [1.29, 1.82) is 0 Å². The zero-order valence-electron chi connectivity index (χ0n) is 23.7. The van der Waals surface area contributed by atoms with E-state index in [1.54, 1.807) is 47.4 Å². The number of nitrogens with one attached hydrogen (secondary N) is 1. The molecule has 0 unspecified atom stereocenters. The number of hydrogen-bond acceptors (Lipinski definition) is 4. The number of para-hydroxylation sites is 4. The third kappa shape index (κ3) is 4.82. The Labute approximate surface area is 253 Å². The minimum absolute atomic E-state index is 0.174. The zero-order chi connectivity index (χ0) is 30.2. The van der Waals surface area contributed by atoms with Gasteiger partial charge >= 0.3 is 0 Å². The van der Waals surface area contributed by atoms with Crippen molar-refractivity contribution in [2.75, 3.05) is 27.8 Å². The van der Waals surface area contributed by atoms with E-state index in [0.29, 0.717) is 40.2 Å². The SMILES string of the molecule is O=C(CN1C(=O)C(=Cc2n[nH]c3cc(F)ccc23)C(=O)N(c2ccccc2)c2ccccc21)N1CCCCc2ccccc21. The number of fused-ring (bicyclic) bond motifs is 3. The maximum absolute atomic E-state index is 14.5.